The Morgan fingerprint density at radius 1 is 1.42 bits per heavy atom. The van der Waals surface area contributed by atoms with E-state index in [4.69, 9.17) is 5.73 Å². The normalized spacial score (nSPS) is 13.3. The molecule has 0 fully saturated rings. The van der Waals surface area contributed by atoms with Crippen LogP contribution in [0.3, 0.4) is 0 Å². The molecule has 102 valence electrons. The zero-order valence-corrected chi connectivity index (χ0v) is 11.3. The zero-order chi connectivity index (χ0) is 13.9. The fourth-order valence-corrected chi connectivity index (χ4v) is 3.16. The second-order valence-corrected chi connectivity index (χ2v) is 6.03. The van der Waals surface area contributed by atoms with E-state index in [1.165, 1.54) is 0 Å². The van der Waals surface area contributed by atoms with Crippen molar-refractivity contribution in [2.45, 2.75) is 18.7 Å². The van der Waals surface area contributed by atoms with Gasteiger partial charge in [-0.1, -0.05) is 18.2 Å². The number of sulfonamides is 1. The van der Waals surface area contributed by atoms with Crippen molar-refractivity contribution in [2.75, 3.05) is 5.73 Å². The van der Waals surface area contributed by atoms with Gasteiger partial charge in [-0.15, -0.1) is 0 Å². The number of hydrogen-bond acceptors (Lipinski definition) is 4. The molecule has 0 spiro atoms. The standard InChI is InChI=1S/C12H16N4O2S/c1-9(12-14-6-7-15-12)16-19(17,18)8-10-4-2-3-5-11(10)13/h2-7,9,16H,8,13H2,1H3,(H,14,15). The number of nitrogens with one attached hydrogen (secondary N) is 2. The molecule has 0 aliphatic carbocycles. The summed E-state index contributed by atoms with van der Waals surface area (Å²) in [5.74, 6) is 0.426. The van der Waals surface area contributed by atoms with Crippen LogP contribution in [0.5, 0.6) is 0 Å². The maximum Gasteiger partial charge on any atom is 0.216 e. The summed E-state index contributed by atoms with van der Waals surface area (Å²) in [4.78, 5) is 6.89. The fraction of sp³-hybridized carbons (Fsp3) is 0.250. The lowest BCUT2D eigenvalue weighted by Gasteiger charge is -2.13. The smallest absolute Gasteiger partial charge is 0.216 e. The van der Waals surface area contributed by atoms with Crippen molar-refractivity contribution >= 4 is 15.7 Å². The highest BCUT2D eigenvalue weighted by atomic mass is 32.2. The summed E-state index contributed by atoms with van der Waals surface area (Å²) < 4.78 is 26.7. The Balaban J connectivity index is 2.09. The maximum absolute atomic E-state index is 12.0. The van der Waals surface area contributed by atoms with Gasteiger partial charge in [0.25, 0.3) is 0 Å². The summed E-state index contributed by atoms with van der Waals surface area (Å²) in [6, 6.07) is 6.50. The Bertz CT molecular complexity index is 638. The Morgan fingerprint density at radius 3 is 2.79 bits per heavy atom. The van der Waals surface area contributed by atoms with E-state index in [9.17, 15) is 8.42 Å². The van der Waals surface area contributed by atoms with Crippen LogP contribution in [0, 0.1) is 0 Å². The lowest BCUT2D eigenvalue weighted by molar-refractivity contribution is 0.560. The predicted octanol–water partition coefficient (Wildman–Crippen LogP) is 1.17. The minimum absolute atomic E-state index is 0.148. The second kappa shape index (κ2) is 5.41. The molecule has 7 heteroatoms. The number of rotatable bonds is 5. The number of nitrogens with zero attached hydrogens (tertiary/aromatic N) is 1. The zero-order valence-electron chi connectivity index (χ0n) is 10.5. The summed E-state index contributed by atoms with van der Waals surface area (Å²) in [6.45, 7) is 1.73. The van der Waals surface area contributed by atoms with Gasteiger partial charge in [-0.2, -0.15) is 0 Å². The van der Waals surface area contributed by atoms with Crippen LogP contribution in [-0.4, -0.2) is 18.4 Å². The first-order valence-electron chi connectivity index (χ1n) is 5.80. The van der Waals surface area contributed by atoms with E-state index in [-0.39, 0.29) is 5.75 Å². The van der Waals surface area contributed by atoms with Crippen molar-refractivity contribution in [3.63, 3.8) is 0 Å². The lowest BCUT2D eigenvalue weighted by atomic mass is 10.2. The number of H-pyrrole nitrogens is 1. The van der Waals surface area contributed by atoms with E-state index in [0.29, 0.717) is 17.1 Å². The van der Waals surface area contributed by atoms with Crippen molar-refractivity contribution in [2.24, 2.45) is 0 Å². The molecule has 4 N–H and O–H groups in total. The topological polar surface area (TPSA) is 101 Å². The van der Waals surface area contributed by atoms with Gasteiger partial charge in [-0.05, 0) is 18.6 Å². The molecule has 1 aromatic heterocycles. The van der Waals surface area contributed by atoms with Gasteiger partial charge >= 0.3 is 0 Å². The monoisotopic (exact) mass is 280 g/mol. The molecule has 1 aromatic carbocycles. The third-order valence-corrected chi connectivity index (χ3v) is 4.09. The number of para-hydroxylation sites is 1. The van der Waals surface area contributed by atoms with Crippen molar-refractivity contribution in [3.05, 3.63) is 48.0 Å². The molecule has 0 radical (unpaired) electrons. The third kappa shape index (κ3) is 3.55. The first-order valence-corrected chi connectivity index (χ1v) is 7.46. The summed E-state index contributed by atoms with van der Waals surface area (Å²) in [5, 5.41) is 0. The van der Waals surface area contributed by atoms with Crippen molar-refractivity contribution in [1.82, 2.24) is 14.7 Å². The van der Waals surface area contributed by atoms with E-state index >= 15 is 0 Å². The fourth-order valence-electron chi connectivity index (χ4n) is 1.75. The van der Waals surface area contributed by atoms with Gasteiger partial charge in [0.2, 0.25) is 10.0 Å². The minimum Gasteiger partial charge on any atom is -0.398 e. The van der Waals surface area contributed by atoms with Crippen molar-refractivity contribution in [1.29, 1.82) is 0 Å². The molecule has 0 saturated heterocycles. The number of imidazole rings is 1. The molecule has 1 unspecified atom stereocenters. The van der Waals surface area contributed by atoms with Gasteiger partial charge in [0, 0.05) is 18.1 Å². The number of nitrogens with two attached hydrogens (primary N) is 1. The molecule has 0 amide bonds. The Hall–Kier alpha value is -1.86. The molecule has 1 atom stereocenters. The number of aromatic amines is 1. The van der Waals surface area contributed by atoms with E-state index in [1.54, 1.807) is 43.6 Å². The van der Waals surface area contributed by atoms with Gasteiger partial charge in [-0.3, -0.25) is 0 Å². The SMILES string of the molecule is CC(NS(=O)(=O)Cc1ccccc1N)c1ncc[nH]1. The summed E-state index contributed by atoms with van der Waals surface area (Å²) in [5.41, 5.74) is 6.80. The molecular weight excluding hydrogens is 264 g/mol. The molecule has 0 aliphatic heterocycles. The highest BCUT2D eigenvalue weighted by molar-refractivity contribution is 7.88. The van der Waals surface area contributed by atoms with Gasteiger partial charge in [0.05, 0.1) is 11.8 Å². The number of anilines is 1. The highest BCUT2D eigenvalue weighted by Crippen LogP contribution is 2.15. The first kappa shape index (κ1) is 13.6. The van der Waals surface area contributed by atoms with Crippen LogP contribution in [0.1, 0.15) is 24.4 Å². The third-order valence-electron chi connectivity index (χ3n) is 2.69. The van der Waals surface area contributed by atoms with Gasteiger partial charge in [0.15, 0.2) is 0 Å². The predicted molar refractivity (Wildman–Crippen MR) is 73.6 cm³/mol. The largest absolute Gasteiger partial charge is 0.398 e. The lowest BCUT2D eigenvalue weighted by Crippen LogP contribution is -2.29. The molecule has 0 aliphatic rings. The maximum atomic E-state index is 12.0. The van der Waals surface area contributed by atoms with Crippen LogP contribution in [-0.2, 0) is 15.8 Å². The van der Waals surface area contributed by atoms with Crippen LogP contribution in [0.4, 0.5) is 5.69 Å². The van der Waals surface area contributed by atoms with E-state index < -0.39 is 16.1 Å². The number of nitrogen functional groups attached to an aromatic ring is 1. The average molecular weight is 280 g/mol. The quantitative estimate of drug-likeness (QED) is 0.716. The van der Waals surface area contributed by atoms with Crippen LogP contribution in [0.25, 0.3) is 0 Å². The minimum atomic E-state index is -3.47. The summed E-state index contributed by atoms with van der Waals surface area (Å²) in [7, 11) is -3.47. The number of benzene rings is 1. The highest BCUT2D eigenvalue weighted by Gasteiger charge is 2.18. The van der Waals surface area contributed by atoms with Crippen LogP contribution in [0.15, 0.2) is 36.7 Å². The van der Waals surface area contributed by atoms with E-state index in [0.717, 1.165) is 0 Å². The average Bonchev–Trinajstić information content (AvgIpc) is 2.85. The molecule has 6 nitrogen and oxygen atoms in total. The summed E-state index contributed by atoms with van der Waals surface area (Å²) in [6.07, 6.45) is 3.23. The molecule has 2 aromatic rings. The molecule has 2 rings (SSSR count). The molecule has 1 heterocycles. The van der Waals surface area contributed by atoms with Crippen molar-refractivity contribution in [3.8, 4) is 0 Å². The number of hydrogen-bond donors (Lipinski definition) is 3. The Kier molecular flexibility index (Phi) is 3.87. The van der Waals surface area contributed by atoms with E-state index in [2.05, 4.69) is 14.7 Å². The number of aromatic nitrogens is 2. The van der Waals surface area contributed by atoms with Crippen LogP contribution >= 0.6 is 0 Å². The Morgan fingerprint density at radius 2 is 2.16 bits per heavy atom. The van der Waals surface area contributed by atoms with Crippen LogP contribution < -0.4 is 10.5 Å². The first-order chi connectivity index (χ1) is 8.98. The molecular formula is C12H16N4O2S. The van der Waals surface area contributed by atoms with Crippen molar-refractivity contribution < 1.29 is 8.42 Å². The van der Waals surface area contributed by atoms with Gasteiger partial charge in [-0.25, -0.2) is 18.1 Å². The van der Waals surface area contributed by atoms with E-state index in [1.807, 2.05) is 0 Å². The van der Waals surface area contributed by atoms with Crippen LogP contribution in [0.2, 0.25) is 0 Å². The second-order valence-electron chi connectivity index (χ2n) is 4.27. The van der Waals surface area contributed by atoms with Gasteiger partial charge in [0.1, 0.15) is 5.82 Å². The molecule has 0 bridgehead atoms. The molecule has 19 heavy (non-hydrogen) atoms. The van der Waals surface area contributed by atoms with Gasteiger partial charge < -0.3 is 10.7 Å². The summed E-state index contributed by atoms with van der Waals surface area (Å²) >= 11 is 0. The Labute approximate surface area is 112 Å². The molecule has 0 saturated carbocycles.